The Morgan fingerprint density at radius 2 is 0.850 bits per heavy atom. The van der Waals surface area contributed by atoms with Crippen LogP contribution in [-0.4, -0.2) is 98.3 Å². The lowest BCUT2D eigenvalue weighted by Gasteiger charge is -2.41. The monoisotopic (exact) mass is 879 g/mol. The average Bonchev–Trinajstić information content (AvgIpc) is 3.23. The van der Waals surface area contributed by atoms with Crippen LogP contribution in [0.1, 0.15) is 213 Å². The topological polar surface area (TPSA) is 210 Å². The summed E-state index contributed by atoms with van der Waals surface area (Å²) in [6.07, 6.45) is 25.5. The molecule has 0 aromatic rings. The number of allylic oxidation sites excluding steroid dienone is 2. The molecule has 0 aromatic heterocycles. The molecule has 0 heterocycles. The lowest BCUT2D eigenvalue weighted by molar-refractivity contribution is -0.220. The molecule has 0 radical (unpaired) electrons. The van der Waals surface area contributed by atoms with E-state index in [9.17, 15) is 44.6 Å². The number of phosphoric ester groups is 1. The standard InChI is InChI=1S/C46H87O13P/c1-3-5-7-9-11-13-15-17-19-20-21-23-24-26-28-30-32-34-39(47)56-36-38(37-57-60(54,55)59-46-44(52)42(50)41(49)43(51)45(46)53)58-40(48)35-33-31-29-27-25-22-18-16-14-12-10-8-6-4-2/h17,19,38,41-46,49-53H,3-16,18,20-37H2,1-2H3,(H,54,55)/b19-17-/t38-,41?,42-,43?,44?,45?,46?/m1/s1. The van der Waals surface area contributed by atoms with Gasteiger partial charge in [-0.05, 0) is 38.5 Å². The van der Waals surface area contributed by atoms with E-state index in [0.29, 0.717) is 12.8 Å². The van der Waals surface area contributed by atoms with E-state index in [4.69, 9.17) is 18.5 Å². The van der Waals surface area contributed by atoms with Crippen molar-refractivity contribution in [1.29, 1.82) is 0 Å². The van der Waals surface area contributed by atoms with Crippen LogP contribution in [0.4, 0.5) is 0 Å². The molecule has 0 spiro atoms. The molecule has 14 heteroatoms. The third kappa shape index (κ3) is 29.0. The van der Waals surface area contributed by atoms with Crippen LogP contribution < -0.4 is 0 Å². The van der Waals surface area contributed by atoms with Gasteiger partial charge >= 0.3 is 19.8 Å². The molecular formula is C46H87O13P. The molecule has 6 unspecified atom stereocenters. The highest BCUT2D eigenvalue weighted by Crippen LogP contribution is 2.47. The second-order valence-corrected chi connectivity index (χ2v) is 18.4. The maximum absolute atomic E-state index is 12.8. The van der Waals surface area contributed by atoms with E-state index in [1.165, 1.54) is 122 Å². The van der Waals surface area contributed by atoms with Crippen LogP contribution in [0.15, 0.2) is 12.2 Å². The van der Waals surface area contributed by atoms with Gasteiger partial charge in [0, 0.05) is 12.8 Å². The molecule has 60 heavy (non-hydrogen) atoms. The third-order valence-corrected chi connectivity index (χ3v) is 12.3. The van der Waals surface area contributed by atoms with E-state index in [1.807, 2.05) is 0 Å². The molecule has 1 aliphatic carbocycles. The van der Waals surface area contributed by atoms with Gasteiger partial charge in [-0.2, -0.15) is 0 Å². The van der Waals surface area contributed by atoms with Gasteiger partial charge in [0.25, 0.3) is 0 Å². The van der Waals surface area contributed by atoms with Crippen molar-refractivity contribution in [2.75, 3.05) is 13.2 Å². The smallest absolute Gasteiger partial charge is 0.462 e. The molecule has 0 bridgehead atoms. The van der Waals surface area contributed by atoms with Crippen LogP contribution in [-0.2, 0) is 32.7 Å². The van der Waals surface area contributed by atoms with Crippen molar-refractivity contribution in [3.05, 3.63) is 12.2 Å². The first-order chi connectivity index (χ1) is 28.9. The van der Waals surface area contributed by atoms with Crippen molar-refractivity contribution in [3.63, 3.8) is 0 Å². The first-order valence-corrected chi connectivity index (χ1v) is 25.5. The Balaban J connectivity index is 2.43. The number of ether oxygens (including phenoxy) is 2. The third-order valence-electron chi connectivity index (χ3n) is 11.4. The van der Waals surface area contributed by atoms with E-state index >= 15 is 0 Å². The highest BCUT2D eigenvalue weighted by Gasteiger charge is 2.51. The minimum atomic E-state index is -5.11. The molecule has 6 N–H and O–H groups in total. The van der Waals surface area contributed by atoms with Crippen molar-refractivity contribution in [1.82, 2.24) is 0 Å². The van der Waals surface area contributed by atoms with Gasteiger partial charge in [-0.1, -0.05) is 174 Å². The Bertz CT molecular complexity index is 1110. The molecule has 1 fully saturated rings. The van der Waals surface area contributed by atoms with Crippen LogP contribution in [0.5, 0.6) is 0 Å². The zero-order valence-electron chi connectivity index (χ0n) is 37.5. The molecule has 8 atom stereocenters. The summed E-state index contributed by atoms with van der Waals surface area (Å²) >= 11 is 0. The molecule has 0 amide bonds. The highest BCUT2D eigenvalue weighted by molar-refractivity contribution is 7.47. The van der Waals surface area contributed by atoms with E-state index in [0.717, 1.165) is 51.4 Å². The van der Waals surface area contributed by atoms with E-state index in [2.05, 4.69) is 26.0 Å². The summed E-state index contributed by atoms with van der Waals surface area (Å²) < 4.78 is 33.6. The normalized spacial score (nSPS) is 22.2. The first-order valence-electron chi connectivity index (χ1n) is 24.0. The number of carbonyl (C=O) groups is 2. The van der Waals surface area contributed by atoms with Crippen LogP contribution in [0.2, 0.25) is 0 Å². The zero-order chi connectivity index (χ0) is 44.3. The molecule has 1 saturated carbocycles. The molecule has 1 rings (SSSR count). The Hall–Kier alpha value is -1.41. The van der Waals surface area contributed by atoms with Crippen molar-refractivity contribution in [3.8, 4) is 0 Å². The van der Waals surface area contributed by atoms with Crippen LogP contribution in [0.25, 0.3) is 0 Å². The van der Waals surface area contributed by atoms with Crippen LogP contribution in [0, 0.1) is 0 Å². The number of hydrogen-bond donors (Lipinski definition) is 6. The van der Waals surface area contributed by atoms with E-state index < -0.39 is 75.7 Å². The SMILES string of the molecule is CCCCCCCC/C=C\CCCCCCCCCC(=O)OC[C@H](COP(=O)(O)OC1C(O)C(O)C(O)[C@@H](O)C1O)OC(=O)CCCCCCCCCCCCCCCC. The van der Waals surface area contributed by atoms with Gasteiger partial charge in [0.1, 0.15) is 43.2 Å². The average molecular weight is 879 g/mol. The lowest BCUT2D eigenvalue weighted by atomic mass is 9.85. The predicted molar refractivity (Wildman–Crippen MR) is 235 cm³/mol. The van der Waals surface area contributed by atoms with Gasteiger partial charge in [0.05, 0.1) is 6.61 Å². The summed E-state index contributed by atoms with van der Waals surface area (Å²) in [6, 6.07) is 0. The molecule has 0 aromatic carbocycles. The number of unbranched alkanes of at least 4 members (excludes halogenated alkanes) is 26. The molecule has 354 valence electrons. The summed E-state index contributed by atoms with van der Waals surface area (Å²) in [5.41, 5.74) is 0. The number of aliphatic hydroxyl groups excluding tert-OH is 5. The fraction of sp³-hybridized carbons (Fsp3) is 0.913. The zero-order valence-corrected chi connectivity index (χ0v) is 38.4. The fourth-order valence-electron chi connectivity index (χ4n) is 7.46. The lowest BCUT2D eigenvalue weighted by Crippen LogP contribution is -2.64. The second-order valence-electron chi connectivity index (χ2n) is 17.0. The van der Waals surface area contributed by atoms with Gasteiger partial charge < -0.3 is 39.9 Å². The molecule has 1 aliphatic rings. The highest BCUT2D eigenvalue weighted by atomic mass is 31.2. The number of esters is 2. The minimum Gasteiger partial charge on any atom is -0.462 e. The van der Waals surface area contributed by atoms with Crippen LogP contribution in [0.3, 0.4) is 0 Å². The van der Waals surface area contributed by atoms with Crippen molar-refractivity contribution in [2.45, 2.75) is 256 Å². The predicted octanol–water partition coefficient (Wildman–Crippen LogP) is 9.45. The number of phosphoric acid groups is 1. The molecular weight excluding hydrogens is 791 g/mol. The molecule has 0 aliphatic heterocycles. The number of carbonyl (C=O) groups excluding carboxylic acids is 2. The Labute approximate surface area is 363 Å². The quantitative estimate of drug-likeness (QED) is 0.0147. The summed E-state index contributed by atoms with van der Waals surface area (Å²) in [5.74, 6) is -1.09. The van der Waals surface area contributed by atoms with Crippen molar-refractivity contribution in [2.24, 2.45) is 0 Å². The maximum Gasteiger partial charge on any atom is 0.472 e. The van der Waals surface area contributed by atoms with Gasteiger partial charge in [-0.25, -0.2) is 4.57 Å². The Morgan fingerprint density at radius 1 is 0.500 bits per heavy atom. The Morgan fingerprint density at radius 3 is 1.27 bits per heavy atom. The Kier molecular flexibility index (Phi) is 34.9. The largest absolute Gasteiger partial charge is 0.472 e. The number of aliphatic hydroxyl groups is 5. The van der Waals surface area contributed by atoms with Gasteiger partial charge in [-0.15, -0.1) is 0 Å². The van der Waals surface area contributed by atoms with Crippen molar-refractivity contribution >= 4 is 19.8 Å². The molecule has 13 nitrogen and oxygen atoms in total. The van der Waals surface area contributed by atoms with Gasteiger partial charge in [0.15, 0.2) is 6.10 Å². The maximum atomic E-state index is 12.8. The summed E-state index contributed by atoms with van der Waals surface area (Å²) in [5, 5.41) is 50.1. The minimum absolute atomic E-state index is 0.101. The number of hydrogen-bond acceptors (Lipinski definition) is 12. The molecule has 0 saturated heterocycles. The number of rotatable bonds is 40. The summed E-state index contributed by atoms with van der Waals surface area (Å²) in [7, 11) is -5.11. The van der Waals surface area contributed by atoms with Gasteiger partial charge in [0.2, 0.25) is 0 Å². The fourth-order valence-corrected chi connectivity index (χ4v) is 8.43. The van der Waals surface area contributed by atoms with Gasteiger partial charge in [-0.3, -0.25) is 18.6 Å². The summed E-state index contributed by atoms with van der Waals surface area (Å²) in [4.78, 5) is 35.7. The second kappa shape index (κ2) is 37.0. The summed E-state index contributed by atoms with van der Waals surface area (Å²) in [6.45, 7) is 3.31. The van der Waals surface area contributed by atoms with Crippen molar-refractivity contribution < 1.29 is 63.1 Å². The van der Waals surface area contributed by atoms with E-state index in [1.54, 1.807) is 0 Å². The first kappa shape index (κ1) is 56.6. The van der Waals surface area contributed by atoms with Crippen LogP contribution >= 0.6 is 7.82 Å². The van der Waals surface area contributed by atoms with E-state index in [-0.39, 0.29) is 12.8 Å².